The Morgan fingerprint density at radius 3 is 2.95 bits per heavy atom. The molecule has 1 aromatic heterocycles. The molecule has 2 rings (SSSR count). The van der Waals surface area contributed by atoms with E-state index in [0.29, 0.717) is 0 Å². The lowest BCUT2D eigenvalue weighted by Crippen LogP contribution is -2.32. The van der Waals surface area contributed by atoms with Gasteiger partial charge in [-0.2, -0.15) is 0 Å². The number of aromatic nitrogens is 1. The number of ether oxygens (including phenoxy) is 1. The maximum absolute atomic E-state index is 5.56. The van der Waals surface area contributed by atoms with Gasteiger partial charge in [0.1, 0.15) is 0 Å². The average molecular weight is 278 g/mol. The topological polar surface area (TPSA) is 54.6 Å². The number of rotatable bonds is 6. The first-order valence-corrected chi connectivity index (χ1v) is 7.51. The van der Waals surface area contributed by atoms with E-state index in [0.717, 1.165) is 57.3 Å². The van der Waals surface area contributed by atoms with Gasteiger partial charge in [-0.1, -0.05) is 0 Å². The van der Waals surface area contributed by atoms with E-state index in [2.05, 4.69) is 14.8 Å². The van der Waals surface area contributed by atoms with E-state index in [1.807, 2.05) is 18.3 Å². The van der Waals surface area contributed by atoms with Crippen LogP contribution < -0.4 is 15.4 Å². The molecule has 0 amide bonds. The van der Waals surface area contributed by atoms with Crippen LogP contribution in [-0.4, -0.2) is 56.3 Å². The zero-order valence-corrected chi connectivity index (χ0v) is 12.4. The van der Waals surface area contributed by atoms with Crippen molar-refractivity contribution in [1.82, 2.24) is 9.88 Å². The van der Waals surface area contributed by atoms with E-state index in [4.69, 9.17) is 10.5 Å². The summed E-state index contributed by atoms with van der Waals surface area (Å²) < 4.78 is 5.41. The molecule has 1 saturated heterocycles. The van der Waals surface area contributed by atoms with Crippen LogP contribution in [0.3, 0.4) is 0 Å². The number of hydrogen-bond donors (Lipinski definition) is 1. The molecule has 5 heteroatoms. The Morgan fingerprint density at radius 1 is 1.25 bits per heavy atom. The number of anilines is 1. The molecule has 1 aromatic rings. The van der Waals surface area contributed by atoms with Crippen molar-refractivity contribution in [3.05, 3.63) is 18.3 Å². The van der Waals surface area contributed by atoms with Crippen LogP contribution in [0.15, 0.2) is 18.3 Å². The highest BCUT2D eigenvalue weighted by Gasteiger charge is 2.18. The van der Waals surface area contributed by atoms with E-state index < -0.39 is 0 Å². The maximum atomic E-state index is 5.56. The molecule has 0 bridgehead atoms. The minimum Gasteiger partial charge on any atom is -0.493 e. The van der Waals surface area contributed by atoms with Crippen LogP contribution >= 0.6 is 0 Å². The van der Waals surface area contributed by atoms with Gasteiger partial charge in [0.2, 0.25) is 0 Å². The summed E-state index contributed by atoms with van der Waals surface area (Å²) in [5.41, 5.74) is 5.56. The van der Waals surface area contributed by atoms with Gasteiger partial charge in [-0.25, -0.2) is 4.98 Å². The van der Waals surface area contributed by atoms with Crippen LogP contribution in [0.4, 0.5) is 5.82 Å². The number of nitrogens with two attached hydrogens (primary N) is 1. The molecule has 1 fully saturated rings. The summed E-state index contributed by atoms with van der Waals surface area (Å²) in [6, 6.07) is 3.89. The molecule has 0 aliphatic carbocycles. The van der Waals surface area contributed by atoms with Gasteiger partial charge in [-0.05, 0) is 51.0 Å². The summed E-state index contributed by atoms with van der Waals surface area (Å²) in [6.07, 6.45) is 5.32. The van der Waals surface area contributed by atoms with Crippen LogP contribution in [0.2, 0.25) is 0 Å². The van der Waals surface area contributed by atoms with Crippen molar-refractivity contribution in [3.8, 4) is 5.75 Å². The second kappa shape index (κ2) is 8.07. The van der Waals surface area contributed by atoms with E-state index in [9.17, 15) is 0 Å². The van der Waals surface area contributed by atoms with Gasteiger partial charge in [0, 0.05) is 25.8 Å². The number of pyridine rings is 1. The largest absolute Gasteiger partial charge is 0.493 e. The molecule has 0 aromatic carbocycles. The lowest BCUT2D eigenvalue weighted by Gasteiger charge is -2.24. The number of nitrogens with zero attached hydrogens (tertiary/aromatic N) is 3. The average Bonchev–Trinajstić information content (AvgIpc) is 2.73. The van der Waals surface area contributed by atoms with Crippen molar-refractivity contribution in [1.29, 1.82) is 0 Å². The first kappa shape index (κ1) is 15.1. The van der Waals surface area contributed by atoms with Crippen molar-refractivity contribution in [3.63, 3.8) is 0 Å². The summed E-state index contributed by atoms with van der Waals surface area (Å²) in [4.78, 5) is 9.35. The van der Waals surface area contributed by atoms with Gasteiger partial charge in [0.15, 0.2) is 11.6 Å². The predicted octanol–water partition coefficient (Wildman–Crippen LogP) is 1.34. The van der Waals surface area contributed by atoms with Crippen LogP contribution in [0.1, 0.15) is 19.3 Å². The van der Waals surface area contributed by atoms with Gasteiger partial charge in [-0.15, -0.1) is 0 Å². The molecule has 0 atom stereocenters. The fourth-order valence-electron chi connectivity index (χ4n) is 2.67. The lowest BCUT2D eigenvalue weighted by atomic mass is 10.3. The molecular weight excluding hydrogens is 252 g/mol. The fraction of sp³-hybridized carbons (Fsp3) is 0.667. The van der Waals surface area contributed by atoms with Crippen molar-refractivity contribution in [2.24, 2.45) is 5.73 Å². The van der Waals surface area contributed by atoms with E-state index in [1.165, 1.54) is 12.8 Å². The minimum atomic E-state index is 0.797. The molecule has 2 heterocycles. The molecule has 5 nitrogen and oxygen atoms in total. The summed E-state index contributed by atoms with van der Waals surface area (Å²) in [7, 11) is 1.71. The normalized spacial score (nSPS) is 17.0. The molecule has 0 unspecified atom stereocenters. The smallest absolute Gasteiger partial charge is 0.171 e. The Hall–Kier alpha value is -1.33. The zero-order chi connectivity index (χ0) is 14.2. The predicted molar refractivity (Wildman–Crippen MR) is 82.3 cm³/mol. The first-order chi connectivity index (χ1) is 9.85. The van der Waals surface area contributed by atoms with Gasteiger partial charge < -0.3 is 20.3 Å². The molecule has 0 spiro atoms. The molecule has 2 N–H and O–H groups in total. The Labute approximate surface area is 121 Å². The van der Waals surface area contributed by atoms with Gasteiger partial charge in [0.25, 0.3) is 0 Å². The second-order valence-electron chi connectivity index (χ2n) is 5.21. The number of hydrogen-bond acceptors (Lipinski definition) is 5. The summed E-state index contributed by atoms with van der Waals surface area (Å²) in [5.74, 6) is 1.84. The van der Waals surface area contributed by atoms with E-state index in [-0.39, 0.29) is 0 Å². The second-order valence-corrected chi connectivity index (χ2v) is 5.21. The van der Waals surface area contributed by atoms with Crippen molar-refractivity contribution < 1.29 is 4.74 Å². The minimum absolute atomic E-state index is 0.797. The summed E-state index contributed by atoms with van der Waals surface area (Å²) in [6.45, 7) is 6.26. The van der Waals surface area contributed by atoms with Crippen molar-refractivity contribution in [2.45, 2.75) is 19.3 Å². The monoisotopic (exact) mass is 278 g/mol. The molecule has 0 radical (unpaired) electrons. The van der Waals surface area contributed by atoms with Crippen LogP contribution in [0.5, 0.6) is 5.75 Å². The molecular formula is C15H26N4O. The van der Waals surface area contributed by atoms with Crippen LogP contribution in [0, 0.1) is 0 Å². The van der Waals surface area contributed by atoms with Crippen LogP contribution in [-0.2, 0) is 0 Å². The lowest BCUT2D eigenvalue weighted by molar-refractivity contribution is 0.287. The fourth-order valence-corrected chi connectivity index (χ4v) is 2.67. The first-order valence-electron chi connectivity index (χ1n) is 7.51. The zero-order valence-electron chi connectivity index (χ0n) is 12.4. The highest BCUT2D eigenvalue weighted by molar-refractivity contribution is 5.52. The highest BCUT2D eigenvalue weighted by atomic mass is 16.5. The Morgan fingerprint density at radius 2 is 2.15 bits per heavy atom. The van der Waals surface area contributed by atoms with Crippen LogP contribution in [0.25, 0.3) is 0 Å². The van der Waals surface area contributed by atoms with Gasteiger partial charge in [-0.3, -0.25) is 0 Å². The third kappa shape index (κ3) is 4.08. The van der Waals surface area contributed by atoms with Gasteiger partial charge >= 0.3 is 0 Å². The standard InChI is InChI=1S/C15H26N4O/c1-20-14-6-4-8-17-15(14)19-11-5-10-18(12-13-19)9-3-2-7-16/h4,6,8H,2-3,5,7,9-13,16H2,1H3. The SMILES string of the molecule is COc1cccnc1N1CCCN(CCCCN)CC1. The Kier molecular flexibility index (Phi) is 6.08. The van der Waals surface area contributed by atoms with E-state index >= 15 is 0 Å². The molecule has 20 heavy (non-hydrogen) atoms. The van der Waals surface area contributed by atoms with E-state index in [1.54, 1.807) is 7.11 Å². The number of unbranched alkanes of at least 4 members (excludes halogenated alkanes) is 1. The summed E-state index contributed by atoms with van der Waals surface area (Å²) in [5, 5.41) is 0. The van der Waals surface area contributed by atoms with Gasteiger partial charge in [0.05, 0.1) is 7.11 Å². The molecule has 1 aliphatic rings. The Balaban J connectivity index is 1.92. The Bertz CT molecular complexity index is 399. The maximum Gasteiger partial charge on any atom is 0.171 e. The van der Waals surface area contributed by atoms with Crippen molar-refractivity contribution >= 4 is 5.82 Å². The third-order valence-corrected chi connectivity index (χ3v) is 3.79. The highest BCUT2D eigenvalue weighted by Crippen LogP contribution is 2.25. The molecule has 112 valence electrons. The quantitative estimate of drug-likeness (QED) is 0.796. The number of methoxy groups -OCH3 is 1. The summed E-state index contributed by atoms with van der Waals surface area (Å²) >= 11 is 0. The van der Waals surface area contributed by atoms with Crippen molar-refractivity contribution in [2.75, 3.05) is 51.3 Å². The molecule has 1 aliphatic heterocycles. The third-order valence-electron chi connectivity index (χ3n) is 3.79. The molecule has 0 saturated carbocycles.